The molecule has 0 aliphatic rings. The topological polar surface area (TPSA) is 12.0 Å². The van der Waals surface area contributed by atoms with Gasteiger partial charge in [-0.3, -0.25) is 0 Å². The van der Waals surface area contributed by atoms with Gasteiger partial charge in [0, 0.05) is 21.7 Å². The molecule has 0 aliphatic heterocycles. The van der Waals surface area contributed by atoms with Crippen LogP contribution in [0.4, 0.5) is 0 Å². The van der Waals surface area contributed by atoms with Crippen molar-refractivity contribution in [1.29, 1.82) is 0 Å². The van der Waals surface area contributed by atoms with Crippen LogP contribution in [0, 0.1) is 11.8 Å². The van der Waals surface area contributed by atoms with Crippen LogP contribution in [0.5, 0.6) is 0 Å². The maximum atomic E-state index is 3.56. The molecular weight excluding hydrogens is 306 g/mol. The summed E-state index contributed by atoms with van der Waals surface area (Å²) in [6.45, 7) is 11.0. The molecule has 18 heavy (non-hydrogen) atoms. The molecule has 0 saturated heterocycles. The van der Waals surface area contributed by atoms with Gasteiger partial charge in [-0.2, -0.15) is 0 Å². The van der Waals surface area contributed by atoms with Gasteiger partial charge in [-0.1, -0.05) is 49.7 Å². The second-order valence-corrected chi connectivity index (χ2v) is 7.46. The number of rotatable bonds is 7. The first-order chi connectivity index (χ1) is 8.49. The van der Waals surface area contributed by atoms with Crippen LogP contribution in [0.15, 0.2) is 27.6 Å². The van der Waals surface area contributed by atoms with Crippen molar-refractivity contribution in [2.24, 2.45) is 11.8 Å². The summed E-state index contributed by atoms with van der Waals surface area (Å²) in [5.74, 6) is 2.60. The molecule has 0 unspecified atom stereocenters. The summed E-state index contributed by atoms with van der Waals surface area (Å²) in [4.78, 5) is 1.40. The van der Waals surface area contributed by atoms with Gasteiger partial charge < -0.3 is 5.32 Å². The van der Waals surface area contributed by atoms with Crippen molar-refractivity contribution in [1.82, 2.24) is 5.32 Å². The van der Waals surface area contributed by atoms with Gasteiger partial charge in [0.15, 0.2) is 0 Å². The van der Waals surface area contributed by atoms with E-state index in [-0.39, 0.29) is 0 Å². The van der Waals surface area contributed by atoms with Gasteiger partial charge in [-0.05, 0) is 36.1 Å². The molecule has 0 amide bonds. The van der Waals surface area contributed by atoms with E-state index in [9.17, 15) is 0 Å². The molecule has 1 aromatic carbocycles. The summed E-state index contributed by atoms with van der Waals surface area (Å²) in [5, 5.41) is 3.52. The minimum atomic E-state index is 0.701. The summed E-state index contributed by atoms with van der Waals surface area (Å²) in [5.41, 5.74) is 1.41. The van der Waals surface area contributed by atoms with Crippen molar-refractivity contribution in [3.05, 3.63) is 28.2 Å². The van der Waals surface area contributed by atoms with Crippen LogP contribution in [-0.2, 0) is 6.54 Å². The van der Waals surface area contributed by atoms with Crippen molar-refractivity contribution in [2.45, 2.75) is 39.1 Å². The molecule has 1 aromatic rings. The van der Waals surface area contributed by atoms with Crippen LogP contribution >= 0.6 is 27.7 Å². The fraction of sp³-hybridized carbons (Fsp3) is 0.600. The van der Waals surface area contributed by atoms with E-state index in [0.29, 0.717) is 5.92 Å². The minimum Gasteiger partial charge on any atom is -0.312 e. The van der Waals surface area contributed by atoms with Crippen molar-refractivity contribution in [2.75, 3.05) is 12.3 Å². The Morgan fingerprint density at radius 2 is 1.89 bits per heavy atom. The summed E-state index contributed by atoms with van der Waals surface area (Å²) in [6.07, 6.45) is 0. The van der Waals surface area contributed by atoms with Crippen LogP contribution in [0.25, 0.3) is 0 Å². The zero-order valence-electron chi connectivity index (χ0n) is 11.8. The zero-order valence-corrected chi connectivity index (χ0v) is 14.2. The third-order valence-corrected chi connectivity index (χ3v) is 4.49. The van der Waals surface area contributed by atoms with E-state index in [1.54, 1.807) is 0 Å². The minimum absolute atomic E-state index is 0.701. The maximum Gasteiger partial charge on any atom is 0.0216 e. The molecule has 1 nitrogen and oxygen atoms in total. The highest BCUT2D eigenvalue weighted by Crippen LogP contribution is 2.28. The molecule has 0 spiro atoms. The standard InChI is InChI=1S/C15H24BrNS/c1-11(2)8-17-9-13-5-6-14(16)7-15(13)18-10-12(3)4/h5-7,11-12,17H,8-10H2,1-4H3. The summed E-state index contributed by atoms with van der Waals surface area (Å²) < 4.78 is 1.17. The molecule has 3 heteroatoms. The van der Waals surface area contributed by atoms with Crippen LogP contribution in [-0.4, -0.2) is 12.3 Å². The number of hydrogen-bond donors (Lipinski definition) is 1. The van der Waals surface area contributed by atoms with E-state index >= 15 is 0 Å². The lowest BCUT2D eigenvalue weighted by Crippen LogP contribution is -2.19. The fourth-order valence-electron chi connectivity index (χ4n) is 1.56. The van der Waals surface area contributed by atoms with Gasteiger partial charge in [-0.15, -0.1) is 11.8 Å². The Balaban J connectivity index is 2.64. The second kappa shape index (κ2) is 8.23. The van der Waals surface area contributed by atoms with Crippen molar-refractivity contribution >= 4 is 27.7 Å². The van der Waals surface area contributed by atoms with E-state index in [1.807, 2.05) is 11.8 Å². The van der Waals surface area contributed by atoms with E-state index in [1.165, 1.54) is 20.7 Å². The summed E-state index contributed by atoms with van der Waals surface area (Å²) >= 11 is 5.52. The Hall–Kier alpha value is 0.01000. The number of benzene rings is 1. The molecule has 102 valence electrons. The zero-order chi connectivity index (χ0) is 13.5. The largest absolute Gasteiger partial charge is 0.312 e. The van der Waals surface area contributed by atoms with Crippen LogP contribution in [0.1, 0.15) is 33.3 Å². The van der Waals surface area contributed by atoms with E-state index in [0.717, 1.165) is 19.0 Å². The molecule has 1 N–H and O–H groups in total. The molecule has 0 radical (unpaired) electrons. The molecule has 0 atom stereocenters. The Kier molecular flexibility index (Phi) is 7.35. The number of nitrogens with one attached hydrogen (secondary N) is 1. The Bertz CT molecular complexity index is 364. The highest BCUT2D eigenvalue weighted by molar-refractivity contribution is 9.10. The van der Waals surface area contributed by atoms with Gasteiger partial charge >= 0.3 is 0 Å². The Labute approximate surface area is 124 Å². The normalized spacial score (nSPS) is 11.5. The van der Waals surface area contributed by atoms with Crippen molar-refractivity contribution in [3.8, 4) is 0 Å². The molecule has 0 aromatic heterocycles. The Morgan fingerprint density at radius 3 is 2.50 bits per heavy atom. The summed E-state index contributed by atoms with van der Waals surface area (Å²) in [7, 11) is 0. The van der Waals surface area contributed by atoms with Crippen LogP contribution in [0.3, 0.4) is 0 Å². The first kappa shape index (κ1) is 16.1. The second-order valence-electron chi connectivity index (χ2n) is 5.48. The fourth-order valence-corrected chi connectivity index (χ4v) is 3.12. The molecule has 0 saturated carbocycles. The smallest absolute Gasteiger partial charge is 0.0216 e. The molecule has 1 rings (SSSR count). The molecule has 0 heterocycles. The average molecular weight is 330 g/mol. The molecule has 0 aliphatic carbocycles. The van der Waals surface area contributed by atoms with Gasteiger partial charge in [0.25, 0.3) is 0 Å². The van der Waals surface area contributed by atoms with Gasteiger partial charge in [0.05, 0.1) is 0 Å². The summed E-state index contributed by atoms with van der Waals surface area (Å²) in [6, 6.07) is 6.59. The van der Waals surface area contributed by atoms with Crippen molar-refractivity contribution < 1.29 is 0 Å². The monoisotopic (exact) mass is 329 g/mol. The van der Waals surface area contributed by atoms with Gasteiger partial charge in [-0.25, -0.2) is 0 Å². The average Bonchev–Trinajstić information content (AvgIpc) is 2.28. The van der Waals surface area contributed by atoms with E-state index < -0.39 is 0 Å². The van der Waals surface area contributed by atoms with E-state index in [2.05, 4.69) is 67.1 Å². The lowest BCUT2D eigenvalue weighted by molar-refractivity contribution is 0.550. The first-order valence-corrected chi connectivity index (χ1v) is 8.38. The third kappa shape index (κ3) is 6.26. The quantitative estimate of drug-likeness (QED) is 0.711. The van der Waals surface area contributed by atoms with Gasteiger partial charge in [0.1, 0.15) is 0 Å². The molecule has 0 bridgehead atoms. The lowest BCUT2D eigenvalue weighted by atomic mass is 10.2. The predicted molar refractivity (Wildman–Crippen MR) is 86.2 cm³/mol. The predicted octanol–water partition coefficient (Wildman–Crippen LogP) is 4.94. The molecule has 0 fully saturated rings. The maximum absolute atomic E-state index is 3.56. The van der Waals surface area contributed by atoms with Crippen molar-refractivity contribution in [3.63, 3.8) is 0 Å². The van der Waals surface area contributed by atoms with Crippen LogP contribution in [0.2, 0.25) is 0 Å². The van der Waals surface area contributed by atoms with E-state index in [4.69, 9.17) is 0 Å². The number of thioether (sulfide) groups is 1. The van der Waals surface area contributed by atoms with Gasteiger partial charge in [0.2, 0.25) is 0 Å². The number of halogens is 1. The Morgan fingerprint density at radius 1 is 1.17 bits per heavy atom. The molecular formula is C15H24BrNS. The third-order valence-electron chi connectivity index (χ3n) is 2.47. The SMILES string of the molecule is CC(C)CNCc1ccc(Br)cc1SCC(C)C. The highest BCUT2D eigenvalue weighted by atomic mass is 79.9. The number of hydrogen-bond acceptors (Lipinski definition) is 2. The van der Waals surface area contributed by atoms with Crippen LogP contribution < -0.4 is 5.32 Å². The first-order valence-electron chi connectivity index (χ1n) is 6.61. The highest BCUT2D eigenvalue weighted by Gasteiger charge is 2.05. The lowest BCUT2D eigenvalue weighted by Gasteiger charge is -2.13.